The van der Waals surface area contributed by atoms with E-state index in [1.54, 1.807) is 0 Å². The monoisotopic (exact) mass is 296 g/mol. The molecule has 5 nitrogen and oxygen atoms in total. The van der Waals surface area contributed by atoms with E-state index in [4.69, 9.17) is 5.73 Å². The lowest BCUT2D eigenvalue weighted by molar-refractivity contribution is -0.137. The molecule has 0 aliphatic rings. The molecule has 8 heteroatoms. The summed E-state index contributed by atoms with van der Waals surface area (Å²) >= 11 is 0. The zero-order chi connectivity index (χ0) is 15.5. The molecule has 0 spiro atoms. The van der Waals surface area contributed by atoms with Gasteiger partial charge in [-0.2, -0.15) is 13.2 Å². The zero-order valence-corrected chi connectivity index (χ0v) is 10.7. The Kier molecular flexibility index (Phi) is 4.06. The minimum Gasteiger partial charge on any atom is -0.368 e. The van der Waals surface area contributed by atoms with Gasteiger partial charge in [-0.1, -0.05) is 12.1 Å². The number of hydrogen-bond acceptors (Lipinski definition) is 4. The van der Waals surface area contributed by atoms with Gasteiger partial charge in [0.25, 0.3) is 0 Å². The van der Waals surface area contributed by atoms with Crippen molar-refractivity contribution in [1.82, 2.24) is 9.97 Å². The number of nitrogens with one attached hydrogen (secondary N) is 1. The quantitative estimate of drug-likeness (QED) is 0.905. The summed E-state index contributed by atoms with van der Waals surface area (Å²) in [6.07, 6.45) is -2.95. The summed E-state index contributed by atoms with van der Waals surface area (Å²) in [4.78, 5) is 18.7. The van der Waals surface area contributed by atoms with Crippen molar-refractivity contribution in [3.05, 3.63) is 42.1 Å². The van der Waals surface area contributed by atoms with Gasteiger partial charge in [0.1, 0.15) is 5.82 Å². The number of halogens is 3. The number of nitrogens with zero attached hydrogens (tertiary/aromatic N) is 2. The number of carbonyl (C=O) groups is 1. The van der Waals surface area contributed by atoms with Crippen molar-refractivity contribution in [2.75, 3.05) is 11.9 Å². The normalized spacial score (nSPS) is 11.2. The fraction of sp³-hybridized carbons (Fsp3) is 0.154. The van der Waals surface area contributed by atoms with Crippen molar-refractivity contribution >= 4 is 11.7 Å². The Hall–Kier alpha value is -2.64. The van der Waals surface area contributed by atoms with Gasteiger partial charge in [-0.25, -0.2) is 9.97 Å². The number of hydrogen-bond donors (Lipinski definition) is 2. The molecule has 0 radical (unpaired) electrons. The van der Waals surface area contributed by atoms with Gasteiger partial charge >= 0.3 is 6.18 Å². The highest BCUT2D eigenvalue weighted by molar-refractivity contribution is 5.78. The molecule has 2 rings (SSSR count). The third-order valence-electron chi connectivity index (χ3n) is 2.57. The Balaban J connectivity index is 2.22. The van der Waals surface area contributed by atoms with Crippen LogP contribution in [0.5, 0.6) is 0 Å². The number of amides is 1. The van der Waals surface area contributed by atoms with Crippen LogP contribution in [0.2, 0.25) is 0 Å². The van der Waals surface area contributed by atoms with Crippen LogP contribution < -0.4 is 11.1 Å². The van der Waals surface area contributed by atoms with Crippen LogP contribution in [0.4, 0.5) is 19.0 Å². The predicted octanol–water partition coefficient (Wildman–Crippen LogP) is 2.06. The lowest BCUT2D eigenvalue weighted by Gasteiger charge is -2.08. The maximum atomic E-state index is 12.5. The Labute approximate surface area is 118 Å². The molecule has 1 heterocycles. The van der Waals surface area contributed by atoms with E-state index in [2.05, 4.69) is 15.3 Å². The van der Waals surface area contributed by atoms with Crippen molar-refractivity contribution in [3.8, 4) is 11.4 Å². The number of aromatic nitrogens is 2. The van der Waals surface area contributed by atoms with Crippen molar-refractivity contribution in [2.45, 2.75) is 6.18 Å². The molecule has 0 fully saturated rings. The number of benzene rings is 1. The minimum atomic E-state index is -4.38. The molecule has 0 aliphatic carbocycles. The first kappa shape index (κ1) is 14.8. The molecule has 0 saturated carbocycles. The highest BCUT2D eigenvalue weighted by Gasteiger charge is 2.30. The van der Waals surface area contributed by atoms with Crippen LogP contribution in [0.1, 0.15) is 5.56 Å². The van der Waals surface area contributed by atoms with E-state index in [0.29, 0.717) is 11.4 Å². The first-order valence-corrected chi connectivity index (χ1v) is 5.89. The number of anilines is 1. The maximum Gasteiger partial charge on any atom is 0.416 e. The molecule has 21 heavy (non-hydrogen) atoms. The van der Waals surface area contributed by atoms with Gasteiger partial charge in [-0.15, -0.1) is 0 Å². The average Bonchev–Trinajstić information content (AvgIpc) is 2.45. The molecule has 2 aromatic rings. The smallest absolute Gasteiger partial charge is 0.368 e. The standard InChI is InChI=1S/C13H11F3N4O/c14-13(15,16)9-3-1-8(2-4-9)12-18-6-5-11(20-12)19-7-10(17)21/h1-6H,7H2,(H2,17,21)(H,18,19,20). The molecule has 0 saturated heterocycles. The second-order valence-corrected chi connectivity index (χ2v) is 4.16. The number of alkyl halides is 3. The molecular formula is C13H11F3N4O. The van der Waals surface area contributed by atoms with Crippen LogP contribution in [-0.2, 0) is 11.0 Å². The summed E-state index contributed by atoms with van der Waals surface area (Å²) in [6.45, 7) is -0.0938. The van der Waals surface area contributed by atoms with E-state index >= 15 is 0 Å². The van der Waals surface area contributed by atoms with Gasteiger partial charge in [-0.05, 0) is 18.2 Å². The van der Waals surface area contributed by atoms with Crippen molar-refractivity contribution in [2.24, 2.45) is 5.73 Å². The molecule has 0 unspecified atom stereocenters. The number of carbonyl (C=O) groups excluding carboxylic acids is 1. The van der Waals surface area contributed by atoms with Crippen LogP contribution >= 0.6 is 0 Å². The topological polar surface area (TPSA) is 80.9 Å². The zero-order valence-electron chi connectivity index (χ0n) is 10.7. The molecule has 1 aromatic carbocycles. The van der Waals surface area contributed by atoms with Crippen LogP contribution in [0.25, 0.3) is 11.4 Å². The van der Waals surface area contributed by atoms with E-state index in [9.17, 15) is 18.0 Å². The molecule has 1 amide bonds. The van der Waals surface area contributed by atoms with Crippen LogP contribution in [0, 0.1) is 0 Å². The second-order valence-electron chi connectivity index (χ2n) is 4.16. The molecule has 0 aliphatic heterocycles. The van der Waals surface area contributed by atoms with E-state index in [-0.39, 0.29) is 12.4 Å². The van der Waals surface area contributed by atoms with Gasteiger partial charge in [0.15, 0.2) is 5.82 Å². The summed E-state index contributed by atoms with van der Waals surface area (Å²) in [6, 6.07) is 6.02. The minimum absolute atomic E-state index is 0.0938. The first-order chi connectivity index (χ1) is 9.86. The fourth-order valence-corrected chi connectivity index (χ4v) is 1.58. The third kappa shape index (κ3) is 3.91. The SMILES string of the molecule is NC(=O)CNc1ccnc(-c2ccc(C(F)(F)F)cc2)n1. The molecule has 0 atom stereocenters. The van der Waals surface area contributed by atoms with E-state index < -0.39 is 17.6 Å². The van der Waals surface area contributed by atoms with E-state index in [1.807, 2.05) is 0 Å². The average molecular weight is 296 g/mol. The van der Waals surface area contributed by atoms with Gasteiger partial charge in [0.2, 0.25) is 5.91 Å². The van der Waals surface area contributed by atoms with Crippen molar-refractivity contribution in [3.63, 3.8) is 0 Å². The molecule has 3 N–H and O–H groups in total. The fourth-order valence-electron chi connectivity index (χ4n) is 1.58. The summed E-state index contributed by atoms with van der Waals surface area (Å²) in [5.74, 6) is 0.0570. The number of nitrogens with two attached hydrogens (primary N) is 1. The van der Waals surface area contributed by atoms with Crippen LogP contribution in [0.15, 0.2) is 36.5 Å². The van der Waals surface area contributed by atoms with Crippen molar-refractivity contribution in [1.29, 1.82) is 0 Å². The lowest BCUT2D eigenvalue weighted by atomic mass is 10.1. The Morgan fingerprint density at radius 1 is 1.19 bits per heavy atom. The number of rotatable bonds is 4. The first-order valence-electron chi connectivity index (χ1n) is 5.89. The molecule has 0 bridgehead atoms. The van der Waals surface area contributed by atoms with Gasteiger partial charge in [-0.3, -0.25) is 4.79 Å². The van der Waals surface area contributed by atoms with Crippen molar-refractivity contribution < 1.29 is 18.0 Å². The molecule has 1 aromatic heterocycles. The maximum absolute atomic E-state index is 12.5. The summed E-state index contributed by atoms with van der Waals surface area (Å²) < 4.78 is 37.4. The molecule has 110 valence electrons. The van der Waals surface area contributed by atoms with E-state index in [1.165, 1.54) is 24.4 Å². The molecular weight excluding hydrogens is 285 g/mol. The largest absolute Gasteiger partial charge is 0.416 e. The van der Waals surface area contributed by atoms with Gasteiger partial charge < -0.3 is 11.1 Å². The summed E-state index contributed by atoms with van der Waals surface area (Å²) in [7, 11) is 0. The van der Waals surface area contributed by atoms with Crippen LogP contribution in [-0.4, -0.2) is 22.4 Å². The van der Waals surface area contributed by atoms with Gasteiger partial charge in [0, 0.05) is 11.8 Å². The summed E-state index contributed by atoms with van der Waals surface area (Å²) in [5.41, 5.74) is 4.69. The Bertz CT molecular complexity index is 641. The van der Waals surface area contributed by atoms with Crippen LogP contribution in [0.3, 0.4) is 0 Å². The lowest BCUT2D eigenvalue weighted by Crippen LogP contribution is -2.22. The highest BCUT2D eigenvalue weighted by Crippen LogP contribution is 2.30. The van der Waals surface area contributed by atoms with Gasteiger partial charge in [0.05, 0.1) is 12.1 Å². The third-order valence-corrected chi connectivity index (χ3v) is 2.57. The van der Waals surface area contributed by atoms with E-state index in [0.717, 1.165) is 12.1 Å². The number of primary amides is 1. The highest BCUT2D eigenvalue weighted by atomic mass is 19.4. The second kappa shape index (κ2) is 5.78. The predicted molar refractivity (Wildman–Crippen MR) is 70.2 cm³/mol. The summed E-state index contributed by atoms with van der Waals surface area (Å²) in [5, 5.41) is 2.68. The Morgan fingerprint density at radius 2 is 1.86 bits per heavy atom. The Morgan fingerprint density at radius 3 is 2.43 bits per heavy atom.